The first kappa shape index (κ1) is 7.44. The van der Waals surface area contributed by atoms with Gasteiger partial charge < -0.3 is 5.11 Å². The van der Waals surface area contributed by atoms with E-state index in [2.05, 4.69) is 0 Å². The molecule has 4 heteroatoms. The molecule has 1 aliphatic carbocycles. The molecule has 2 atom stereocenters. The second-order valence-electron chi connectivity index (χ2n) is 2.87. The fourth-order valence-electron chi connectivity index (χ4n) is 1.01. The Labute approximate surface area is 56.8 Å². The van der Waals surface area contributed by atoms with Crippen molar-refractivity contribution in [2.45, 2.75) is 19.8 Å². The highest BCUT2D eigenvalue weighted by Crippen LogP contribution is 2.55. The fourth-order valence-corrected chi connectivity index (χ4v) is 1.01. The molecule has 58 valence electrons. The van der Waals surface area contributed by atoms with Crippen LogP contribution >= 0.6 is 0 Å². The van der Waals surface area contributed by atoms with Gasteiger partial charge in [-0.05, 0) is 13.3 Å². The molecular formula is C6H8F2O2. The first-order valence-corrected chi connectivity index (χ1v) is 3.00. The van der Waals surface area contributed by atoms with E-state index in [0.717, 1.165) is 0 Å². The lowest BCUT2D eigenvalue weighted by Crippen LogP contribution is -2.15. The van der Waals surface area contributed by atoms with E-state index in [9.17, 15) is 13.6 Å². The van der Waals surface area contributed by atoms with Gasteiger partial charge in [-0.15, -0.1) is 0 Å². The Kier molecular flexibility index (Phi) is 1.42. The number of carbonyl (C=O) groups is 1. The number of alkyl halides is 2. The molecule has 0 heterocycles. The highest BCUT2D eigenvalue weighted by atomic mass is 19.3. The Morgan fingerprint density at radius 2 is 2.30 bits per heavy atom. The summed E-state index contributed by atoms with van der Waals surface area (Å²) in [5.41, 5.74) is -1.14. The molecule has 2 nitrogen and oxygen atoms in total. The largest absolute Gasteiger partial charge is 0.481 e. The molecule has 0 saturated heterocycles. The smallest absolute Gasteiger partial charge is 0.309 e. The minimum Gasteiger partial charge on any atom is -0.481 e. The SMILES string of the molecule is CC1(C(=O)O)CC1C(F)F. The highest BCUT2D eigenvalue weighted by molar-refractivity contribution is 5.78. The zero-order valence-corrected chi connectivity index (χ0v) is 5.47. The van der Waals surface area contributed by atoms with Gasteiger partial charge in [0.25, 0.3) is 0 Å². The van der Waals surface area contributed by atoms with Crippen LogP contribution < -0.4 is 0 Å². The number of carboxylic acid groups (broad SMARTS) is 1. The fraction of sp³-hybridized carbons (Fsp3) is 0.833. The Morgan fingerprint density at radius 3 is 2.40 bits per heavy atom. The van der Waals surface area contributed by atoms with Gasteiger partial charge in [0, 0.05) is 5.92 Å². The van der Waals surface area contributed by atoms with Gasteiger partial charge in [0.05, 0.1) is 5.41 Å². The Hall–Kier alpha value is -0.670. The van der Waals surface area contributed by atoms with E-state index in [4.69, 9.17) is 5.11 Å². The summed E-state index contributed by atoms with van der Waals surface area (Å²) in [4.78, 5) is 10.3. The molecule has 1 fully saturated rings. The van der Waals surface area contributed by atoms with Crippen molar-refractivity contribution in [3.8, 4) is 0 Å². The molecule has 0 aliphatic heterocycles. The molecule has 1 rings (SSSR count). The predicted molar refractivity (Wildman–Crippen MR) is 29.9 cm³/mol. The van der Waals surface area contributed by atoms with Crippen LogP contribution in [0.3, 0.4) is 0 Å². The van der Waals surface area contributed by atoms with E-state index < -0.39 is 23.7 Å². The van der Waals surface area contributed by atoms with Crippen LogP contribution in [-0.4, -0.2) is 17.5 Å². The molecule has 0 radical (unpaired) electrons. The van der Waals surface area contributed by atoms with Crippen molar-refractivity contribution in [2.24, 2.45) is 11.3 Å². The van der Waals surface area contributed by atoms with Crippen molar-refractivity contribution in [1.82, 2.24) is 0 Å². The van der Waals surface area contributed by atoms with Gasteiger partial charge in [0.15, 0.2) is 0 Å². The molecular weight excluding hydrogens is 142 g/mol. The molecule has 0 aromatic carbocycles. The van der Waals surface area contributed by atoms with Gasteiger partial charge in [-0.2, -0.15) is 0 Å². The van der Waals surface area contributed by atoms with Crippen LogP contribution in [0.25, 0.3) is 0 Å². The maximum Gasteiger partial charge on any atom is 0.309 e. The van der Waals surface area contributed by atoms with Crippen LogP contribution in [0.15, 0.2) is 0 Å². The Morgan fingerprint density at radius 1 is 1.80 bits per heavy atom. The lowest BCUT2D eigenvalue weighted by Gasteiger charge is -2.02. The third-order valence-corrected chi connectivity index (χ3v) is 2.09. The van der Waals surface area contributed by atoms with Crippen molar-refractivity contribution in [2.75, 3.05) is 0 Å². The topological polar surface area (TPSA) is 37.3 Å². The van der Waals surface area contributed by atoms with Gasteiger partial charge in [-0.1, -0.05) is 0 Å². The summed E-state index contributed by atoms with van der Waals surface area (Å²) >= 11 is 0. The highest BCUT2D eigenvalue weighted by Gasteiger charge is 2.60. The minimum absolute atomic E-state index is 0.111. The first-order valence-electron chi connectivity index (χ1n) is 3.00. The second kappa shape index (κ2) is 1.90. The quantitative estimate of drug-likeness (QED) is 0.645. The molecule has 0 aromatic heterocycles. The van der Waals surface area contributed by atoms with Crippen molar-refractivity contribution >= 4 is 5.97 Å². The maximum atomic E-state index is 11.8. The summed E-state index contributed by atoms with van der Waals surface area (Å²) in [6.07, 6.45) is -2.37. The van der Waals surface area contributed by atoms with Crippen LogP contribution in [0.2, 0.25) is 0 Å². The van der Waals surface area contributed by atoms with E-state index in [1.165, 1.54) is 6.92 Å². The first-order chi connectivity index (χ1) is 4.48. The lowest BCUT2D eigenvalue weighted by atomic mass is 10.1. The zero-order chi connectivity index (χ0) is 7.94. The average molecular weight is 150 g/mol. The van der Waals surface area contributed by atoms with Crippen LogP contribution in [0.4, 0.5) is 8.78 Å². The minimum atomic E-state index is -2.49. The molecule has 1 aliphatic rings. The molecule has 1 saturated carbocycles. The zero-order valence-electron chi connectivity index (χ0n) is 5.47. The summed E-state index contributed by atoms with van der Waals surface area (Å²) in [6, 6.07) is 0. The van der Waals surface area contributed by atoms with Gasteiger partial charge in [-0.25, -0.2) is 8.78 Å². The summed E-state index contributed by atoms with van der Waals surface area (Å²) in [7, 11) is 0. The summed E-state index contributed by atoms with van der Waals surface area (Å²) in [5, 5.41) is 8.40. The molecule has 0 amide bonds. The van der Waals surface area contributed by atoms with Crippen molar-refractivity contribution in [3.63, 3.8) is 0 Å². The number of halogens is 2. The van der Waals surface area contributed by atoms with Crippen LogP contribution in [0, 0.1) is 11.3 Å². The van der Waals surface area contributed by atoms with Gasteiger partial charge in [-0.3, -0.25) is 4.79 Å². The summed E-state index contributed by atoms with van der Waals surface area (Å²) in [5.74, 6) is -2.04. The molecule has 2 unspecified atom stereocenters. The van der Waals surface area contributed by atoms with Crippen LogP contribution in [0.1, 0.15) is 13.3 Å². The summed E-state index contributed by atoms with van der Waals surface area (Å²) in [6.45, 7) is 1.35. The number of hydrogen-bond acceptors (Lipinski definition) is 1. The molecule has 1 N–H and O–H groups in total. The lowest BCUT2D eigenvalue weighted by molar-refractivity contribution is -0.144. The number of carboxylic acids is 1. The van der Waals surface area contributed by atoms with Gasteiger partial charge in [0.2, 0.25) is 6.43 Å². The second-order valence-corrected chi connectivity index (χ2v) is 2.87. The predicted octanol–water partition coefficient (Wildman–Crippen LogP) is 1.36. The van der Waals surface area contributed by atoms with Crippen molar-refractivity contribution < 1.29 is 18.7 Å². The van der Waals surface area contributed by atoms with Gasteiger partial charge in [0.1, 0.15) is 0 Å². The van der Waals surface area contributed by atoms with Crippen LogP contribution in [0.5, 0.6) is 0 Å². The Bertz CT molecular complexity index is 169. The van der Waals surface area contributed by atoms with E-state index in [1.807, 2.05) is 0 Å². The summed E-state index contributed by atoms with van der Waals surface area (Å²) < 4.78 is 23.6. The number of rotatable bonds is 2. The van der Waals surface area contributed by atoms with Crippen LogP contribution in [-0.2, 0) is 4.79 Å². The van der Waals surface area contributed by atoms with Gasteiger partial charge >= 0.3 is 5.97 Å². The molecule has 0 spiro atoms. The van der Waals surface area contributed by atoms with E-state index >= 15 is 0 Å². The van der Waals surface area contributed by atoms with E-state index in [-0.39, 0.29) is 6.42 Å². The van der Waals surface area contributed by atoms with E-state index in [1.54, 1.807) is 0 Å². The average Bonchev–Trinajstić information content (AvgIpc) is 2.43. The van der Waals surface area contributed by atoms with E-state index in [0.29, 0.717) is 0 Å². The molecule has 0 bridgehead atoms. The normalized spacial score (nSPS) is 38.2. The molecule has 0 aromatic rings. The third-order valence-electron chi connectivity index (χ3n) is 2.09. The van der Waals surface area contributed by atoms with Crippen molar-refractivity contribution in [3.05, 3.63) is 0 Å². The third kappa shape index (κ3) is 0.874. The standard InChI is InChI=1S/C6H8F2O2/c1-6(5(9)10)2-3(6)4(7)8/h3-4H,2H2,1H3,(H,9,10). The number of aliphatic carboxylic acids is 1. The maximum absolute atomic E-state index is 11.8. The monoisotopic (exact) mass is 150 g/mol. The number of hydrogen-bond donors (Lipinski definition) is 1. The molecule has 10 heavy (non-hydrogen) atoms. The van der Waals surface area contributed by atoms with Crippen molar-refractivity contribution in [1.29, 1.82) is 0 Å². The Balaban J connectivity index is 2.56.